The predicted molar refractivity (Wildman–Crippen MR) is 48.1 cm³/mol. The van der Waals surface area contributed by atoms with Crippen molar-refractivity contribution in [3.63, 3.8) is 0 Å². The van der Waals surface area contributed by atoms with Gasteiger partial charge < -0.3 is 5.11 Å². The molecule has 0 heterocycles. The Morgan fingerprint density at radius 3 is 2.42 bits per heavy atom. The Bertz CT molecular complexity index is 301. The molecule has 0 aliphatic rings. The van der Waals surface area contributed by atoms with Crippen LogP contribution in [-0.2, 0) is 4.79 Å². The van der Waals surface area contributed by atoms with Crippen molar-refractivity contribution < 1.29 is 9.90 Å². The van der Waals surface area contributed by atoms with E-state index < -0.39 is 5.97 Å². The molecule has 0 bridgehead atoms. The molecule has 0 aliphatic heterocycles. The lowest BCUT2D eigenvalue weighted by Crippen LogP contribution is -1.85. The van der Waals surface area contributed by atoms with Crippen LogP contribution in [0.5, 0.6) is 0 Å². The molecular weight excluding hydrogens is 175 g/mol. The smallest absolute Gasteiger partial charge is 0.328 e. The second-order valence-electron chi connectivity index (χ2n) is 2.22. The van der Waals surface area contributed by atoms with E-state index in [1.165, 1.54) is 6.08 Å². The van der Waals surface area contributed by atoms with Gasteiger partial charge in [-0.3, -0.25) is 0 Å². The van der Waals surface area contributed by atoms with E-state index in [4.69, 9.17) is 16.7 Å². The van der Waals surface area contributed by atoms with Gasteiger partial charge in [0.05, 0.1) is 0 Å². The molecule has 1 rings (SSSR count). The zero-order valence-electron chi connectivity index (χ0n) is 6.20. The fourth-order valence-electron chi connectivity index (χ4n) is 0.741. The molecule has 0 saturated carbocycles. The maximum absolute atomic E-state index is 10.1. The Labute approximate surface area is 75.1 Å². The van der Waals surface area contributed by atoms with Gasteiger partial charge >= 0.3 is 5.97 Å². The molecule has 0 aromatic heterocycles. The van der Waals surface area contributed by atoms with Crippen molar-refractivity contribution in [2.24, 2.45) is 0 Å². The van der Waals surface area contributed by atoms with Crippen LogP contribution in [0.15, 0.2) is 30.3 Å². The second-order valence-corrected chi connectivity index (χ2v) is 2.66. The SMILES string of the molecule is O=[11C](O)/C=C/c1ccc(Cl)cc1. The van der Waals surface area contributed by atoms with E-state index in [2.05, 4.69) is 0 Å². The molecule has 62 valence electrons. The lowest BCUT2D eigenvalue weighted by Gasteiger charge is -1.91. The van der Waals surface area contributed by atoms with Crippen molar-refractivity contribution in [3.8, 4) is 0 Å². The van der Waals surface area contributed by atoms with Gasteiger partial charge in [-0.25, -0.2) is 4.79 Å². The first-order valence-electron chi connectivity index (χ1n) is 3.35. The molecule has 0 atom stereocenters. The summed E-state index contributed by atoms with van der Waals surface area (Å²) < 4.78 is 0. The summed E-state index contributed by atoms with van der Waals surface area (Å²) in [5, 5.41) is 8.96. The van der Waals surface area contributed by atoms with Crippen molar-refractivity contribution in [3.05, 3.63) is 40.9 Å². The van der Waals surface area contributed by atoms with E-state index >= 15 is 0 Å². The highest BCUT2D eigenvalue weighted by Gasteiger charge is 1.89. The van der Waals surface area contributed by atoms with Crippen molar-refractivity contribution in [2.75, 3.05) is 0 Å². The van der Waals surface area contributed by atoms with Crippen LogP contribution < -0.4 is 0 Å². The maximum atomic E-state index is 10.1. The molecular formula is C9H7ClO2. The first-order valence-corrected chi connectivity index (χ1v) is 3.73. The highest BCUT2D eigenvalue weighted by Crippen LogP contribution is 2.10. The molecule has 2 nitrogen and oxygen atoms in total. The number of hydrogen-bond donors (Lipinski definition) is 1. The number of carbonyl (C=O) groups is 1. The number of carboxylic acid groups (broad SMARTS) is 1. The van der Waals surface area contributed by atoms with Crippen molar-refractivity contribution in [1.82, 2.24) is 0 Å². The Balaban J connectivity index is 2.77. The van der Waals surface area contributed by atoms with Gasteiger partial charge in [-0.2, -0.15) is 0 Å². The summed E-state index contributed by atoms with van der Waals surface area (Å²) in [6.07, 6.45) is 2.60. The monoisotopic (exact) mass is 181 g/mol. The van der Waals surface area contributed by atoms with E-state index in [0.717, 1.165) is 11.6 Å². The number of rotatable bonds is 2. The van der Waals surface area contributed by atoms with Gasteiger partial charge in [0.15, 0.2) is 0 Å². The van der Waals surface area contributed by atoms with Crippen LogP contribution in [0.25, 0.3) is 6.08 Å². The third-order valence-corrected chi connectivity index (χ3v) is 1.54. The third-order valence-electron chi connectivity index (χ3n) is 1.29. The summed E-state index contributed by atoms with van der Waals surface area (Å²) in [5.74, 6) is -0.954. The average molecular weight is 182 g/mol. The highest BCUT2D eigenvalue weighted by molar-refractivity contribution is 6.30. The summed E-state index contributed by atoms with van der Waals surface area (Å²) in [6.45, 7) is 0. The van der Waals surface area contributed by atoms with Crippen LogP contribution in [0.4, 0.5) is 0 Å². The molecule has 0 radical (unpaired) electrons. The molecule has 0 spiro atoms. The van der Waals surface area contributed by atoms with Gasteiger partial charge in [-0.1, -0.05) is 23.7 Å². The second kappa shape index (κ2) is 3.93. The van der Waals surface area contributed by atoms with E-state index in [1.54, 1.807) is 24.3 Å². The zero-order chi connectivity index (χ0) is 8.97. The van der Waals surface area contributed by atoms with Gasteiger partial charge in [0.25, 0.3) is 0 Å². The third kappa shape index (κ3) is 2.76. The quantitative estimate of drug-likeness (QED) is 0.712. The minimum Gasteiger partial charge on any atom is -0.478 e. The normalized spacial score (nSPS) is 10.4. The largest absolute Gasteiger partial charge is 0.478 e. The Morgan fingerprint density at radius 1 is 1.33 bits per heavy atom. The molecule has 0 fully saturated rings. The molecule has 12 heavy (non-hydrogen) atoms. The fraction of sp³-hybridized carbons (Fsp3) is 0. The van der Waals surface area contributed by atoms with Crippen LogP contribution >= 0.6 is 11.6 Å². The molecule has 0 saturated heterocycles. The Hall–Kier alpha value is -1.28. The van der Waals surface area contributed by atoms with Gasteiger partial charge in [0.2, 0.25) is 0 Å². The number of benzene rings is 1. The Morgan fingerprint density at radius 2 is 1.92 bits per heavy atom. The van der Waals surface area contributed by atoms with Crippen LogP contribution in [0, 0.1) is 0 Å². The summed E-state index contributed by atoms with van der Waals surface area (Å²) >= 11 is 5.63. The fourth-order valence-corrected chi connectivity index (χ4v) is 0.867. The topological polar surface area (TPSA) is 37.3 Å². The highest BCUT2D eigenvalue weighted by atomic mass is 35.5. The summed E-state index contributed by atoms with van der Waals surface area (Å²) in [4.78, 5) is 10.1. The van der Waals surface area contributed by atoms with E-state index in [0.29, 0.717) is 5.02 Å². The summed E-state index contributed by atoms with van der Waals surface area (Å²) in [7, 11) is 0. The number of halogens is 1. The zero-order valence-corrected chi connectivity index (χ0v) is 6.95. The number of carboxylic acids is 1. The lowest BCUT2D eigenvalue weighted by molar-refractivity contribution is -0.131. The standard InChI is InChI=1S/C9H7ClO2/c10-8-4-1-7(2-5-8)3-6-9(11)12/h1-6H,(H,11,12)/b6-3+/i9-1. The van der Waals surface area contributed by atoms with Gasteiger partial charge in [0, 0.05) is 11.1 Å². The van der Waals surface area contributed by atoms with Crippen LogP contribution in [0.2, 0.25) is 5.02 Å². The van der Waals surface area contributed by atoms with E-state index in [1.807, 2.05) is 0 Å². The van der Waals surface area contributed by atoms with Crippen molar-refractivity contribution in [1.29, 1.82) is 0 Å². The maximum Gasteiger partial charge on any atom is 0.328 e. The van der Waals surface area contributed by atoms with Crippen LogP contribution in [0.1, 0.15) is 5.56 Å². The number of aliphatic carboxylic acids is 1. The average Bonchev–Trinajstić information content (AvgIpc) is 2.03. The van der Waals surface area contributed by atoms with Gasteiger partial charge in [-0.05, 0) is 23.8 Å². The molecule has 0 unspecified atom stereocenters. The molecule has 0 amide bonds. The lowest BCUT2D eigenvalue weighted by atomic mass is 10.1. The number of hydrogen-bond acceptors (Lipinski definition) is 1. The Kier molecular flexibility index (Phi) is 2.88. The van der Waals surface area contributed by atoms with Gasteiger partial charge in [0.1, 0.15) is 0 Å². The molecule has 1 N–H and O–H groups in total. The van der Waals surface area contributed by atoms with Crippen molar-refractivity contribution in [2.45, 2.75) is 0 Å². The minimum atomic E-state index is -0.954. The van der Waals surface area contributed by atoms with Gasteiger partial charge in [-0.15, -0.1) is 0 Å². The first-order chi connectivity index (χ1) is 5.68. The van der Waals surface area contributed by atoms with Crippen molar-refractivity contribution >= 4 is 23.6 Å². The predicted octanol–water partition coefficient (Wildman–Crippen LogP) is 2.44. The van der Waals surface area contributed by atoms with Crippen LogP contribution in [0.3, 0.4) is 0 Å². The molecule has 3 heteroatoms. The molecule has 1 aromatic rings. The molecule has 0 aliphatic carbocycles. The minimum absolute atomic E-state index is 0.641. The first kappa shape index (κ1) is 8.81. The van der Waals surface area contributed by atoms with Crippen LogP contribution in [-0.4, -0.2) is 11.1 Å². The summed E-state index contributed by atoms with van der Waals surface area (Å²) in [5.41, 5.74) is 0.821. The summed E-state index contributed by atoms with van der Waals surface area (Å²) in [6, 6.07) is 6.93. The van der Waals surface area contributed by atoms with E-state index in [9.17, 15) is 4.79 Å². The van der Waals surface area contributed by atoms with E-state index in [-0.39, 0.29) is 0 Å². The molecule has 1 aromatic carbocycles.